The Labute approximate surface area is 135 Å². The van der Waals surface area contributed by atoms with Crippen LogP contribution in [0.15, 0.2) is 0 Å². The molecule has 1 unspecified atom stereocenters. The second-order valence-electron chi connectivity index (χ2n) is 7.40. The number of nitrogens with one attached hydrogen (secondary N) is 1. The van der Waals surface area contributed by atoms with Gasteiger partial charge in [-0.2, -0.15) is 0 Å². The van der Waals surface area contributed by atoms with Crippen LogP contribution in [-0.2, 0) is 4.79 Å². The number of hydrogen-bond donors (Lipinski definition) is 2. The smallest absolute Gasteiger partial charge is 0.234 e. The minimum Gasteiger partial charge on any atom is -0.355 e. The number of piperidine rings is 1. The zero-order valence-corrected chi connectivity index (χ0v) is 14.4. The Hall–Kier alpha value is -0.320. The molecule has 1 heterocycles. The van der Waals surface area contributed by atoms with Gasteiger partial charge in [0.2, 0.25) is 5.91 Å². The Morgan fingerprint density at radius 2 is 1.90 bits per heavy atom. The van der Waals surface area contributed by atoms with E-state index in [0.717, 1.165) is 26.1 Å². The number of nitrogens with zero attached hydrogens (tertiary/aromatic N) is 1. The van der Waals surface area contributed by atoms with E-state index in [-0.39, 0.29) is 29.8 Å². The Morgan fingerprint density at radius 3 is 2.52 bits per heavy atom. The molecule has 21 heavy (non-hydrogen) atoms. The third-order valence-electron chi connectivity index (χ3n) is 5.07. The zero-order chi connectivity index (χ0) is 14.6. The maximum absolute atomic E-state index is 12.1. The molecule has 1 saturated heterocycles. The zero-order valence-electron chi connectivity index (χ0n) is 13.6. The van der Waals surface area contributed by atoms with Gasteiger partial charge in [0, 0.05) is 25.7 Å². The molecule has 1 aliphatic heterocycles. The van der Waals surface area contributed by atoms with Crippen LogP contribution in [0.4, 0.5) is 0 Å². The van der Waals surface area contributed by atoms with Crippen LogP contribution in [0, 0.1) is 11.3 Å². The molecule has 0 spiro atoms. The van der Waals surface area contributed by atoms with Crippen molar-refractivity contribution in [2.24, 2.45) is 17.1 Å². The van der Waals surface area contributed by atoms with Crippen LogP contribution < -0.4 is 11.1 Å². The minimum atomic E-state index is 0. The normalized spacial score (nSPS) is 26.9. The van der Waals surface area contributed by atoms with E-state index in [1.165, 1.54) is 32.1 Å². The van der Waals surface area contributed by atoms with Crippen molar-refractivity contribution in [3.63, 3.8) is 0 Å². The molecule has 1 amide bonds. The van der Waals surface area contributed by atoms with Gasteiger partial charge in [0.15, 0.2) is 0 Å². The summed E-state index contributed by atoms with van der Waals surface area (Å²) in [7, 11) is 0. The lowest BCUT2D eigenvalue weighted by atomic mass is 9.80. The molecule has 0 aromatic heterocycles. The van der Waals surface area contributed by atoms with Gasteiger partial charge in [0.25, 0.3) is 0 Å². The maximum atomic E-state index is 12.1. The van der Waals surface area contributed by atoms with Crippen molar-refractivity contribution in [3.8, 4) is 0 Å². The minimum absolute atomic E-state index is 0. The van der Waals surface area contributed by atoms with Crippen molar-refractivity contribution in [2.45, 2.75) is 58.4 Å². The standard InChI is InChI=1S/C16H31N3O.ClH/c1-16(2)12-19(9-8-14(16)17)11-15(20)18-10-13-6-4-3-5-7-13;/h13-14H,3-12,17H2,1-2H3,(H,18,20);1H. The second kappa shape index (κ2) is 8.35. The molecule has 0 aromatic rings. The van der Waals surface area contributed by atoms with E-state index in [2.05, 4.69) is 24.1 Å². The van der Waals surface area contributed by atoms with Crippen molar-refractivity contribution < 1.29 is 4.79 Å². The Balaban J connectivity index is 0.00000220. The van der Waals surface area contributed by atoms with Gasteiger partial charge in [-0.15, -0.1) is 12.4 Å². The van der Waals surface area contributed by atoms with Crippen LogP contribution in [0.2, 0.25) is 0 Å². The molecule has 124 valence electrons. The maximum Gasteiger partial charge on any atom is 0.234 e. The van der Waals surface area contributed by atoms with Crippen LogP contribution in [0.5, 0.6) is 0 Å². The monoisotopic (exact) mass is 317 g/mol. The lowest BCUT2D eigenvalue weighted by molar-refractivity contribution is -0.123. The van der Waals surface area contributed by atoms with E-state index in [4.69, 9.17) is 5.73 Å². The summed E-state index contributed by atoms with van der Waals surface area (Å²) >= 11 is 0. The molecule has 1 aliphatic carbocycles. The first kappa shape index (κ1) is 18.7. The van der Waals surface area contributed by atoms with Gasteiger partial charge in [0.1, 0.15) is 0 Å². The van der Waals surface area contributed by atoms with Gasteiger partial charge in [-0.25, -0.2) is 0 Å². The number of nitrogens with two attached hydrogens (primary N) is 1. The summed E-state index contributed by atoms with van der Waals surface area (Å²) in [6.07, 6.45) is 7.59. The lowest BCUT2D eigenvalue weighted by Crippen LogP contribution is -2.54. The summed E-state index contributed by atoms with van der Waals surface area (Å²) in [6.45, 7) is 7.67. The number of amides is 1. The number of likely N-dealkylation sites (tertiary alicyclic amines) is 1. The highest BCUT2D eigenvalue weighted by Crippen LogP contribution is 2.27. The van der Waals surface area contributed by atoms with Crippen molar-refractivity contribution >= 4 is 18.3 Å². The first-order valence-corrected chi connectivity index (χ1v) is 8.22. The molecule has 4 nitrogen and oxygen atoms in total. The van der Waals surface area contributed by atoms with Gasteiger partial charge >= 0.3 is 0 Å². The van der Waals surface area contributed by atoms with Gasteiger partial charge in [-0.1, -0.05) is 33.1 Å². The first-order chi connectivity index (χ1) is 9.47. The molecular weight excluding hydrogens is 286 g/mol. The van der Waals surface area contributed by atoms with Crippen molar-refractivity contribution in [2.75, 3.05) is 26.2 Å². The van der Waals surface area contributed by atoms with Gasteiger partial charge in [-0.3, -0.25) is 9.69 Å². The molecular formula is C16H32ClN3O. The van der Waals surface area contributed by atoms with Gasteiger partial charge in [0.05, 0.1) is 6.54 Å². The molecule has 3 N–H and O–H groups in total. The van der Waals surface area contributed by atoms with E-state index >= 15 is 0 Å². The number of hydrogen-bond acceptors (Lipinski definition) is 3. The molecule has 2 rings (SSSR count). The Kier molecular flexibility index (Phi) is 7.45. The van der Waals surface area contributed by atoms with Crippen molar-refractivity contribution in [1.82, 2.24) is 10.2 Å². The SMILES string of the molecule is CC1(C)CN(CC(=O)NCC2CCCCC2)CCC1N.Cl. The average molecular weight is 318 g/mol. The highest BCUT2D eigenvalue weighted by Gasteiger charge is 2.33. The summed E-state index contributed by atoms with van der Waals surface area (Å²) in [4.78, 5) is 14.3. The number of halogens is 1. The first-order valence-electron chi connectivity index (χ1n) is 8.22. The van der Waals surface area contributed by atoms with Gasteiger partial charge < -0.3 is 11.1 Å². The Bertz CT molecular complexity index is 329. The number of rotatable bonds is 4. The van der Waals surface area contributed by atoms with Crippen LogP contribution in [-0.4, -0.2) is 43.0 Å². The summed E-state index contributed by atoms with van der Waals surface area (Å²) in [5, 5.41) is 3.13. The molecule has 0 bridgehead atoms. The third kappa shape index (κ3) is 5.76. The highest BCUT2D eigenvalue weighted by atomic mass is 35.5. The molecule has 1 atom stereocenters. The molecule has 2 aliphatic rings. The van der Waals surface area contributed by atoms with Crippen LogP contribution >= 0.6 is 12.4 Å². The lowest BCUT2D eigenvalue weighted by Gasteiger charge is -2.42. The summed E-state index contributed by atoms with van der Waals surface area (Å²) < 4.78 is 0. The third-order valence-corrected chi connectivity index (χ3v) is 5.07. The molecule has 2 fully saturated rings. The number of carbonyl (C=O) groups excluding carboxylic acids is 1. The fourth-order valence-electron chi connectivity index (χ4n) is 3.53. The fraction of sp³-hybridized carbons (Fsp3) is 0.938. The Morgan fingerprint density at radius 1 is 1.24 bits per heavy atom. The van der Waals surface area contributed by atoms with Crippen LogP contribution in [0.1, 0.15) is 52.4 Å². The number of carbonyl (C=O) groups is 1. The highest BCUT2D eigenvalue weighted by molar-refractivity contribution is 5.85. The quantitative estimate of drug-likeness (QED) is 0.835. The average Bonchev–Trinajstić information content (AvgIpc) is 2.41. The van der Waals surface area contributed by atoms with Crippen LogP contribution in [0.3, 0.4) is 0 Å². The summed E-state index contributed by atoms with van der Waals surface area (Å²) in [5.74, 6) is 0.890. The van der Waals surface area contributed by atoms with Gasteiger partial charge in [-0.05, 0) is 30.6 Å². The fourth-order valence-corrected chi connectivity index (χ4v) is 3.53. The van der Waals surface area contributed by atoms with Crippen LogP contribution in [0.25, 0.3) is 0 Å². The predicted molar refractivity (Wildman–Crippen MR) is 89.6 cm³/mol. The molecule has 1 saturated carbocycles. The van der Waals surface area contributed by atoms with E-state index in [1.54, 1.807) is 0 Å². The van der Waals surface area contributed by atoms with E-state index < -0.39 is 0 Å². The second-order valence-corrected chi connectivity index (χ2v) is 7.40. The van der Waals surface area contributed by atoms with Crippen molar-refractivity contribution in [3.05, 3.63) is 0 Å². The molecule has 0 aromatic carbocycles. The van der Waals surface area contributed by atoms with E-state index in [9.17, 15) is 4.79 Å². The molecule has 5 heteroatoms. The predicted octanol–water partition coefficient (Wildman–Crippen LogP) is 2.16. The summed E-state index contributed by atoms with van der Waals surface area (Å²) in [5.41, 5.74) is 6.25. The van der Waals surface area contributed by atoms with Crippen molar-refractivity contribution in [1.29, 1.82) is 0 Å². The van der Waals surface area contributed by atoms with E-state index in [0.29, 0.717) is 12.5 Å². The topological polar surface area (TPSA) is 58.4 Å². The summed E-state index contributed by atoms with van der Waals surface area (Å²) in [6, 6.07) is 0.254. The van der Waals surface area contributed by atoms with E-state index in [1.807, 2.05) is 0 Å². The largest absolute Gasteiger partial charge is 0.355 e. The molecule has 0 radical (unpaired) electrons.